The van der Waals surface area contributed by atoms with Gasteiger partial charge in [-0.1, -0.05) is 6.92 Å². The van der Waals surface area contributed by atoms with Crippen LogP contribution in [0.2, 0.25) is 0 Å². The molecule has 102 valence electrons. The van der Waals surface area contributed by atoms with Crippen LogP contribution in [0.15, 0.2) is 24.3 Å². The van der Waals surface area contributed by atoms with Crippen LogP contribution in [-0.4, -0.2) is 31.0 Å². The first kappa shape index (κ1) is 13.5. The van der Waals surface area contributed by atoms with E-state index in [0.29, 0.717) is 11.6 Å². The second-order valence-corrected chi connectivity index (χ2v) is 4.88. The van der Waals surface area contributed by atoms with Gasteiger partial charge in [-0.3, -0.25) is 14.9 Å². The van der Waals surface area contributed by atoms with Crippen molar-refractivity contribution in [2.24, 2.45) is 11.8 Å². The number of amides is 1. The maximum absolute atomic E-state index is 12.3. The minimum Gasteiger partial charge on any atom is -0.316 e. The van der Waals surface area contributed by atoms with Crippen LogP contribution in [0.4, 0.5) is 11.4 Å². The van der Waals surface area contributed by atoms with Gasteiger partial charge in [-0.05, 0) is 31.1 Å². The number of nitrogens with zero attached hydrogens (tertiary/aromatic N) is 2. The van der Waals surface area contributed by atoms with Gasteiger partial charge in [-0.2, -0.15) is 0 Å². The molecule has 19 heavy (non-hydrogen) atoms. The Hall–Kier alpha value is -1.95. The lowest BCUT2D eigenvalue weighted by molar-refractivity contribution is -0.384. The zero-order valence-electron chi connectivity index (χ0n) is 11.0. The predicted octanol–water partition coefficient (Wildman–Crippen LogP) is 1.41. The molecule has 0 radical (unpaired) electrons. The Labute approximate surface area is 111 Å². The largest absolute Gasteiger partial charge is 0.316 e. The molecule has 1 aliphatic heterocycles. The summed E-state index contributed by atoms with van der Waals surface area (Å²) in [5.41, 5.74) is 0.704. The molecule has 0 spiro atoms. The summed E-state index contributed by atoms with van der Waals surface area (Å²) in [5.74, 6) is 0.384. The van der Waals surface area contributed by atoms with Crippen molar-refractivity contribution in [2.45, 2.75) is 6.92 Å². The molecule has 1 fully saturated rings. The molecule has 1 aromatic rings. The molecule has 1 heterocycles. The second-order valence-electron chi connectivity index (χ2n) is 4.88. The van der Waals surface area contributed by atoms with Crippen molar-refractivity contribution in [1.29, 1.82) is 0 Å². The standard InChI is InChI=1S/C13H17N3O3/c1-9(10-7-14-8-10)13(17)15(2)11-3-5-12(6-4-11)16(18)19/h3-6,9-10,14H,7-8H2,1-2H3. The summed E-state index contributed by atoms with van der Waals surface area (Å²) >= 11 is 0. The van der Waals surface area contributed by atoms with Crippen LogP contribution >= 0.6 is 0 Å². The Balaban J connectivity index is 2.07. The number of benzene rings is 1. The van der Waals surface area contributed by atoms with Gasteiger partial charge in [-0.15, -0.1) is 0 Å². The molecule has 1 aliphatic rings. The lowest BCUT2D eigenvalue weighted by Gasteiger charge is -2.33. The summed E-state index contributed by atoms with van der Waals surface area (Å²) in [5, 5.41) is 13.7. The summed E-state index contributed by atoms with van der Waals surface area (Å²) < 4.78 is 0. The Kier molecular flexibility index (Phi) is 3.80. The molecule has 0 saturated carbocycles. The highest BCUT2D eigenvalue weighted by molar-refractivity contribution is 5.94. The van der Waals surface area contributed by atoms with Crippen LogP contribution in [0, 0.1) is 22.0 Å². The van der Waals surface area contributed by atoms with E-state index in [2.05, 4.69) is 5.32 Å². The average molecular weight is 263 g/mol. The molecule has 6 nitrogen and oxygen atoms in total. The molecule has 1 N–H and O–H groups in total. The molecule has 1 amide bonds. The second kappa shape index (κ2) is 5.36. The van der Waals surface area contributed by atoms with Crippen molar-refractivity contribution < 1.29 is 9.72 Å². The van der Waals surface area contributed by atoms with Gasteiger partial charge in [-0.25, -0.2) is 0 Å². The van der Waals surface area contributed by atoms with E-state index in [1.807, 2.05) is 6.92 Å². The molecule has 1 unspecified atom stereocenters. The minimum absolute atomic E-state index is 0.0286. The van der Waals surface area contributed by atoms with E-state index >= 15 is 0 Å². The van der Waals surface area contributed by atoms with Crippen molar-refractivity contribution in [1.82, 2.24) is 5.32 Å². The van der Waals surface area contributed by atoms with Crippen LogP contribution in [0.3, 0.4) is 0 Å². The summed E-state index contributed by atoms with van der Waals surface area (Å²) in [6.45, 7) is 3.68. The first-order valence-electron chi connectivity index (χ1n) is 6.23. The van der Waals surface area contributed by atoms with E-state index in [1.165, 1.54) is 12.1 Å². The maximum atomic E-state index is 12.3. The SMILES string of the molecule is CC(C(=O)N(C)c1ccc([N+](=O)[O-])cc1)C1CNC1. The summed E-state index contributed by atoms with van der Waals surface area (Å²) in [6, 6.07) is 6.02. The van der Waals surface area contributed by atoms with Crippen LogP contribution in [0.25, 0.3) is 0 Å². The van der Waals surface area contributed by atoms with E-state index in [9.17, 15) is 14.9 Å². The fraction of sp³-hybridized carbons (Fsp3) is 0.462. The summed E-state index contributed by atoms with van der Waals surface area (Å²) in [4.78, 5) is 24.0. The number of non-ortho nitro benzene ring substituents is 1. The maximum Gasteiger partial charge on any atom is 0.269 e. The smallest absolute Gasteiger partial charge is 0.269 e. The molecule has 0 bridgehead atoms. The molecule has 6 heteroatoms. The zero-order chi connectivity index (χ0) is 14.0. The van der Waals surface area contributed by atoms with Crippen LogP contribution < -0.4 is 10.2 Å². The molecule has 1 aromatic carbocycles. The first-order valence-corrected chi connectivity index (χ1v) is 6.23. The Morgan fingerprint density at radius 1 is 1.42 bits per heavy atom. The third-order valence-electron chi connectivity index (χ3n) is 3.69. The lowest BCUT2D eigenvalue weighted by atomic mass is 9.88. The van der Waals surface area contributed by atoms with E-state index in [-0.39, 0.29) is 17.5 Å². The van der Waals surface area contributed by atoms with Crippen LogP contribution in [0.5, 0.6) is 0 Å². The van der Waals surface area contributed by atoms with Crippen molar-refractivity contribution in [3.05, 3.63) is 34.4 Å². The van der Waals surface area contributed by atoms with Gasteiger partial charge < -0.3 is 10.2 Å². The molecule has 0 aromatic heterocycles. The number of anilines is 1. The van der Waals surface area contributed by atoms with Gasteiger partial charge >= 0.3 is 0 Å². The van der Waals surface area contributed by atoms with Gasteiger partial charge in [0.1, 0.15) is 0 Å². The fourth-order valence-electron chi connectivity index (χ4n) is 2.10. The Morgan fingerprint density at radius 3 is 2.42 bits per heavy atom. The van der Waals surface area contributed by atoms with E-state index in [0.717, 1.165) is 13.1 Å². The number of nitro benzene ring substituents is 1. The van der Waals surface area contributed by atoms with Gasteiger partial charge in [0, 0.05) is 30.8 Å². The molecular formula is C13H17N3O3. The van der Waals surface area contributed by atoms with Gasteiger partial charge in [0.15, 0.2) is 0 Å². The number of carbonyl (C=O) groups is 1. The molecule has 0 aliphatic carbocycles. The molecule has 1 atom stereocenters. The Bertz CT molecular complexity index is 482. The number of hydrogen-bond donors (Lipinski definition) is 1. The van der Waals surface area contributed by atoms with Gasteiger partial charge in [0.2, 0.25) is 5.91 Å². The highest BCUT2D eigenvalue weighted by Gasteiger charge is 2.30. The van der Waals surface area contributed by atoms with Crippen molar-refractivity contribution in [3.63, 3.8) is 0 Å². The van der Waals surface area contributed by atoms with E-state index < -0.39 is 4.92 Å². The number of hydrogen-bond acceptors (Lipinski definition) is 4. The monoisotopic (exact) mass is 263 g/mol. The number of nitro groups is 1. The highest BCUT2D eigenvalue weighted by atomic mass is 16.6. The van der Waals surface area contributed by atoms with Crippen molar-refractivity contribution in [3.8, 4) is 0 Å². The number of nitrogens with one attached hydrogen (secondary N) is 1. The fourth-order valence-corrected chi connectivity index (χ4v) is 2.10. The number of rotatable bonds is 4. The lowest BCUT2D eigenvalue weighted by Crippen LogP contribution is -2.50. The molecular weight excluding hydrogens is 246 g/mol. The Morgan fingerprint density at radius 2 is 2.00 bits per heavy atom. The van der Waals surface area contributed by atoms with Crippen molar-refractivity contribution in [2.75, 3.05) is 25.0 Å². The van der Waals surface area contributed by atoms with E-state index in [4.69, 9.17) is 0 Å². The summed E-state index contributed by atoms with van der Waals surface area (Å²) in [6.07, 6.45) is 0. The molecule has 1 saturated heterocycles. The van der Waals surface area contributed by atoms with E-state index in [1.54, 1.807) is 24.1 Å². The van der Waals surface area contributed by atoms with Crippen LogP contribution in [-0.2, 0) is 4.79 Å². The van der Waals surface area contributed by atoms with Crippen molar-refractivity contribution >= 4 is 17.3 Å². The topological polar surface area (TPSA) is 75.5 Å². The number of carbonyl (C=O) groups excluding carboxylic acids is 1. The van der Waals surface area contributed by atoms with Crippen LogP contribution in [0.1, 0.15) is 6.92 Å². The normalized spacial score (nSPS) is 16.5. The quantitative estimate of drug-likeness (QED) is 0.658. The van der Waals surface area contributed by atoms with Gasteiger partial charge in [0.05, 0.1) is 4.92 Å². The average Bonchev–Trinajstić information content (AvgIpc) is 2.35. The predicted molar refractivity (Wildman–Crippen MR) is 72.0 cm³/mol. The third kappa shape index (κ3) is 2.73. The third-order valence-corrected chi connectivity index (χ3v) is 3.69. The first-order chi connectivity index (χ1) is 9.00. The molecule has 2 rings (SSSR count). The zero-order valence-corrected chi connectivity index (χ0v) is 11.0. The highest BCUT2D eigenvalue weighted by Crippen LogP contribution is 2.23. The summed E-state index contributed by atoms with van der Waals surface area (Å²) in [7, 11) is 1.70. The van der Waals surface area contributed by atoms with Gasteiger partial charge in [0.25, 0.3) is 5.69 Å². The minimum atomic E-state index is -0.450.